The molecule has 0 fully saturated rings. The predicted molar refractivity (Wildman–Crippen MR) is 88.9 cm³/mol. The zero-order valence-corrected chi connectivity index (χ0v) is 13.6. The number of carboxylic acids is 1. The molecule has 0 unspecified atom stereocenters. The normalized spacial score (nSPS) is 10.8. The first-order valence-electron chi connectivity index (χ1n) is 8.15. The Labute approximate surface area is 136 Å². The van der Waals surface area contributed by atoms with Gasteiger partial charge in [-0.15, -0.1) is 0 Å². The van der Waals surface area contributed by atoms with E-state index in [1.54, 1.807) is 4.68 Å². The molecule has 1 aromatic carbocycles. The van der Waals surface area contributed by atoms with Gasteiger partial charge in [0, 0.05) is 12.8 Å². The zero-order valence-electron chi connectivity index (χ0n) is 13.6. The highest BCUT2D eigenvalue weighted by molar-refractivity contribution is 5.86. The van der Waals surface area contributed by atoms with Crippen LogP contribution < -0.4 is 0 Å². The lowest BCUT2D eigenvalue weighted by molar-refractivity contribution is 0.0697. The number of carboxylic acid groups (broad SMARTS) is 1. The first-order chi connectivity index (χ1) is 11.2. The highest BCUT2D eigenvalue weighted by Gasteiger charge is 2.06. The Morgan fingerprint density at radius 1 is 1.17 bits per heavy atom. The number of aromatic nitrogens is 2. The minimum absolute atomic E-state index is 0.181. The number of unbranched alkanes of at least 4 members (excludes halogenated alkanes) is 4. The van der Waals surface area contributed by atoms with Crippen molar-refractivity contribution in [3.05, 3.63) is 47.8 Å². The quantitative estimate of drug-likeness (QED) is 0.671. The number of ether oxygens (including phenoxy) is 1. The number of rotatable bonds is 10. The van der Waals surface area contributed by atoms with Crippen LogP contribution in [0.3, 0.4) is 0 Å². The lowest BCUT2D eigenvalue weighted by Gasteiger charge is -2.06. The Morgan fingerprint density at radius 3 is 2.57 bits per heavy atom. The second-order valence-corrected chi connectivity index (χ2v) is 5.61. The Morgan fingerprint density at radius 2 is 1.91 bits per heavy atom. The Kier molecular flexibility index (Phi) is 6.81. The van der Waals surface area contributed by atoms with Crippen molar-refractivity contribution in [1.29, 1.82) is 0 Å². The molecule has 0 bridgehead atoms. The topological polar surface area (TPSA) is 64.3 Å². The van der Waals surface area contributed by atoms with Crippen LogP contribution in [0.1, 0.15) is 54.9 Å². The average Bonchev–Trinajstić information content (AvgIpc) is 3.05. The van der Waals surface area contributed by atoms with Crippen LogP contribution in [0, 0.1) is 0 Å². The second-order valence-electron chi connectivity index (χ2n) is 5.61. The number of hydrogen-bond donors (Lipinski definition) is 1. The summed E-state index contributed by atoms with van der Waals surface area (Å²) in [5.41, 5.74) is 2.12. The van der Waals surface area contributed by atoms with Crippen LogP contribution in [0.5, 0.6) is 0 Å². The van der Waals surface area contributed by atoms with Gasteiger partial charge in [0.05, 0.1) is 24.1 Å². The average molecular weight is 316 g/mol. The van der Waals surface area contributed by atoms with Crippen molar-refractivity contribution in [2.75, 3.05) is 6.61 Å². The van der Waals surface area contributed by atoms with E-state index in [1.807, 2.05) is 24.3 Å². The predicted octanol–water partition coefficient (Wildman–Crippen LogP) is 4.06. The highest BCUT2D eigenvalue weighted by Crippen LogP contribution is 2.11. The van der Waals surface area contributed by atoms with E-state index in [4.69, 9.17) is 9.84 Å². The summed E-state index contributed by atoms with van der Waals surface area (Å²) < 4.78 is 7.24. The van der Waals surface area contributed by atoms with Gasteiger partial charge in [0.1, 0.15) is 0 Å². The maximum atomic E-state index is 10.9. The number of benzene rings is 1. The fraction of sp³-hybridized carbons (Fsp3) is 0.444. The smallest absolute Gasteiger partial charge is 0.338 e. The summed E-state index contributed by atoms with van der Waals surface area (Å²) in [7, 11) is 0. The van der Waals surface area contributed by atoms with Crippen LogP contribution in [-0.2, 0) is 11.3 Å². The molecule has 0 saturated carbocycles. The van der Waals surface area contributed by atoms with Crippen molar-refractivity contribution in [3.63, 3.8) is 0 Å². The van der Waals surface area contributed by atoms with Gasteiger partial charge in [0.15, 0.2) is 0 Å². The minimum atomic E-state index is -0.972. The van der Waals surface area contributed by atoms with Gasteiger partial charge in [0.25, 0.3) is 0 Å². The van der Waals surface area contributed by atoms with Crippen molar-refractivity contribution in [2.24, 2.45) is 0 Å². The molecule has 1 N–H and O–H groups in total. The number of hydrogen-bond acceptors (Lipinski definition) is 3. The molecular formula is C18H24N2O3. The molecule has 5 heteroatoms. The van der Waals surface area contributed by atoms with Crippen molar-refractivity contribution in [2.45, 2.75) is 45.6 Å². The minimum Gasteiger partial charge on any atom is -0.478 e. The summed E-state index contributed by atoms with van der Waals surface area (Å²) in [4.78, 5) is 10.9. The van der Waals surface area contributed by atoms with E-state index in [0.717, 1.165) is 24.3 Å². The molecule has 124 valence electrons. The van der Waals surface area contributed by atoms with Gasteiger partial charge in [-0.25, -0.2) is 9.48 Å². The van der Waals surface area contributed by atoms with Gasteiger partial charge < -0.3 is 9.84 Å². The van der Waals surface area contributed by atoms with E-state index in [9.17, 15) is 4.79 Å². The molecule has 0 atom stereocenters. The van der Waals surface area contributed by atoms with Gasteiger partial charge in [-0.1, -0.05) is 44.7 Å². The van der Waals surface area contributed by atoms with Gasteiger partial charge in [-0.2, -0.15) is 5.10 Å². The molecule has 0 aliphatic heterocycles. The van der Waals surface area contributed by atoms with Crippen LogP contribution in [0.4, 0.5) is 0 Å². The summed E-state index contributed by atoms with van der Waals surface area (Å²) in [6.07, 6.45) is 9.05. The molecule has 2 aromatic rings. The molecule has 0 aliphatic carbocycles. The van der Waals surface area contributed by atoms with E-state index >= 15 is 0 Å². The third kappa shape index (κ3) is 5.53. The van der Waals surface area contributed by atoms with Crippen LogP contribution in [0.25, 0.3) is 5.69 Å². The molecule has 23 heavy (non-hydrogen) atoms. The molecule has 1 aromatic heterocycles. The van der Waals surface area contributed by atoms with E-state index in [0.29, 0.717) is 6.61 Å². The summed E-state index contributed by atoms with van der Waals surface area (Å²) in [6, 6.07) is 7.79. The van der Waals surface area contributed by atoms with Gasteiger partial charge >= 0.3 is 5.97 Å². The summed E-state index contributed by atoms with van der Waals surface area (Å²) in [5.74, 6) is -0.972. The molecule has 0 amide bonds. The fourth-order valence-corrected chi connectivity index (χ4v) is 2.32. The SMILES string of the molecule is CCCCCCCOCc1ccc(-n2cc(C(=O)O)cn2)cc1. The Balaban J connectivity index is 1.77. The third-order valence-corrected chi connectivity index (χ3v) is 3.69. The molecule has 0 radical (unpaired) electrons. The van der Waals surface area contributed by atoms with Crippen LogP contribution in [-0.4, -0.2) is 27.5 Å². The molecule has 0 aliphatic rings. The largest absolute Gasteiger partial charge is 0.478 e. The Bertz CT molecular complexity index is 605. The van der Waals surface area contributed by atoms with Crippen LogP contribution >= 0.6 is 0 Å². The highest BCUT2D eigenvalue weighted by atomic mass is 16.5. The molecule has 0 spiro atoms. The molecule has 5 nitrogen and oxygen atoms in total. The van der Waals surface area contributed by atoms with Crippen LogP contribution in [0.15, 0.2) is 36.7 Å². The van der Waals surface area contributed by atoms with E-state index in [2.05, 4.69) is 12.0 Å². The first-order valence-corrected chi connectivity index (χ1v) is 8.15. The number of carbonyl (C=O) groups is 1. The summed E-state index contributed by atoms with van der Waals surface area (Å²) in [5, 5.41) is 13.0. The van der Waals surface area contributed by atoms with Gasteiger partial charge in [-0.05, 0) is 24.1 Å². The molecular weight excluding hydrogens is 292 g/mol. The van der Waals surface area contributed by atoms with Crippen LogP contribution in [0.2, 0.25) is 0 Å². The zero-order chi connectivity index (χ0) is 16.5. The van der Waals surface area contributed by atoms with E-state index in [-0.39, 0.29) is 5.56 Å². The van der Waals surface area contributed by atoms with E-state index in [1.165, 1.54) is 38.1 Å². The molecule has 2 rings (SSSR count). The summed E-state index contributed by atoms with van der Waals surface area (Å²) in [6.45, 7) is 3.62. The lowest BCUT2D eigenvalue weighted by Crippen LogP contribution is -1.98. The van der Waals surface area contributed by atoms with Crippen molar-refractivity contribution in [3.8, 4) is 5.69 Å². The Hall–Kier alpha value is -2.14. The monoisotopic (exact) mass is 316 g/mol. The van der Waals surface area contributed by atoms with Crippen molar-refractivity contribution >= 4 is 5.97 Å². The maximum absolute atomic E-state index is 10.9. The molecule has 1 heterocycles. The lowest BCUT2D eigenvalue weighted by atomic mass is 10.2. The summed E-state index contributed by atoms with van der Waals surface area (Å²) >= 11 is 0. The standard InChI is InChI=1S/C18H24N2O3/c1-2-3-4-5-6-11-23-14-15-7-9-17(10-8-15)20-13-16(12-19-20)18(21)22/h7-10,12-13H,2-6,11,14H2,1H3,(H,21,22). The number of aromatic carboxylic acids is 1. The second kappa shape index (κ2) is 9.10. The van der Waals surface area contributed by atoms with E-state index < -0.39 is 5.97 Å². The van der Waals surface area contributed by atoms with Crippen molar-refractivity contribution in [1.82, 2.24) is 9.78 Å². The van der Waals surface area contributed by atoms with Gasteiger partial charge in [-0.3, -0.25) is 0 Å². The fourth-order valence-electron chi connectivity index (χ4n) is 2.32. The number of nitrogens with zero attached hydrogens (tertiary/aromatic N) is 2. The molecule has 0 saturated heterocycles. The first kappa shape index (κ1) is 17.2. The maximum Gasteiger partial charge on any atom is 0.338 e. The van der Waals surface area contributed by atoms with Gasteiger partial charge in [0.2, 0.25) is 0 Å². The third-order valence-electron chi connectivity index (χ3n) is 3.69. The van der Waals surface area contributed by atoms with Crippen molar-refractivity contribution < 1.29 is 14.6 Å².